The van der Waals surface area contributed by atoms with Gasteiger partial charge in [-0.1, -0.05) is 12.2 Å². The molecule has 0 aliphatic heterocycles. The van der Waals surface area contributed by atoms with E-state index < -0.39 is 17.3 Å². The molecule has 0 saturated carbocycles. The first-order valence-corrected chi connectivity index (χ1v) is 2.25. The van der Waals surface area contributed by atoms with Gasteiger partial charge in [-0.15, -0.1) is 0 Å². The van der Waals surface area contributed by atoms with E-state index >= 15 is 0 Å². The van der Waals surface area contributed by atoms with E-state index in [2.05, 4.69) is 18.0 Å². The topological polar surface area (TPSA) is 26.0 Å². The average molecular weight is 161 g/mol. The highest BCUT2D eigenvalue weighted by atomic mass is 32.1. The van der Waals surface area contributed by atoms with E-state index in [1.807, 2.05) is 0 Å². The van der Waals surface area contributed by atoms with E-state index in [1.165, 1.54) is 0 Å². The molecule has 1 nitrogen and oxygen atoms in total. The lowest BCUT2D eigenvalue weighted by Gasteiger charge is -2.11. The van der Waals surface area contributed by atoms with Crippen LogP contribution in [0.5, 0.6) is 0 Å². The van der Waals surface area contributed by atoms with Crippen LogP contribution in [0, 0.1) is 0 Å². The van der Waals surface area contributed by atoms with Crippen molar-refractivity contribution in [2.75, 3.05) is 0 Å². The smallest absolute Gasteiger partial charge is 0.356 e. The summed E-state index contributed by atoms with van der Waals surface area (Å²) in [6.07, 6.45) is -3.81. The van der Waals surface area contributed by atoms with Crippen molar-refractivity contribution in [1.82, 2.24) is 0 Å². The molecule has 0 aromatic carbocycles. The third kappa shape index (κ3) is 1.78. The van der Waals surface area contributed by atoms with Gasteiger partial charge in [-0.2, -0.15) is 8.78 Å². The second-order valence-corrected chi connectivity index (χ2v) is 1.73. The van der Waals surface area contributed by atoms with Gasteiger partial charge in [-0.25, -0.2) is 8.78 Å². The Bertz CT molecular complexity index is 123. The standard InChI is InChI=1S/C3H3F4NS/c4-1(5)3(6,7)2(8)9/h1H,(H2,8,9). The maximum atomic E-state index is 11.7. The van der Waals surface area contributed by atoms with E-state index in [4.69, 9.17) is 0 Å². The lowest BCUT2D eigenvalue weighted by Crippen LogP contribution is -2.40. The number of hydrogen-bond donors (Lipinski definition) is 1. The van der Waals surface area contributed by atoms with Crippen LogP contribution in [0.2, 0.25) is 0 Å². The summed E-state index contributed by atoms with van der Waals surface area (Å²) in [5, 5.41) is 0. The number of alkyl halides is 4. The van der Waals surface area contributed by atoms with Crippen molar-refractivity contribution < 1.29 is 17.6 Å². The lowest BCUT2D eigenvalue weighted by atomic mass is 10.3. The molecule has 0 radical (unpaired) electrons. The monoisotopic (exact) mass is 161 g/mol. The number of halogens is 4. The highest BCUT2D eigenvalue weighted by Gasteiger charge is 2.43. The van der Waals surface area contributed by atoms with Gasteiger partial charge in [0.05, 0.1) is 0 Å². The SMILES string of the molecule is NC(=S)C(F)(F)C(F)F. The molecule has 0 heterocycles. The van der Waals surface area contributed by atoms with Crippen molar-refractivity contribution >= 4 is 17.2 Å². The van der Waals surface area contributed by atoms with Crippen molar-refractivity contribution in [2.45, 2.75) is 12.3 Å². The Hall–Kier alpha value is -0.390. The fraction of sp³-hybridized carbons (Fsp3) is 0.667. The Balaban J connectivity index is 4.19. The largest absolute Gasteiger partial charge is 0.388 e. The minimum Gasteiger partial charge on any atom is -0.388 e. The van der Waals surface area contributed by atoms with Crippen LogP contribution in [0.15, 0.2) is 0 Å². The molecule has 0 rings (SSSR count). The molecule has 0 spiro atoms. The van der Waals surface area contributed by atoms with Gasteiger partial charge < -0.3 is 5.73 Å². The molecule has 0 atom stereocenters. The van der Waals surface area contributed by atoms with Crippen molar-refractivity contribution in [3.63, 3.8) is 0 Å². The number of rotatable bonds is 2. The summed E-state index contributed by atoms with van der Waals surface area (Å²) < 4.78 is 45.6. The zero-order chi connectivity index (χ0) is 7.65. The number of nitrogens with two attached hydrogens (primary N) is 1. The average Bonchev–Trinajstić information content (AvgIpc) is 1.65. The zero-order valence-electron chi connectivity index (χ0n) is 4.07. The Morgan fingerprint density at radius 2 is 1.78 bits per heavy atom. The van der Waals surface area contributed by atoms with Crippen LogP contribution in [-0.4, -0.2) is 17.3 Å². The van der Waals surface area contributed by atoms with Crippen LogP contribution in [0.25, 0.3) is 0 Å². The molecule has 0 unspecified atom stereocenters. The van der Waals surface area contributed by atoms with Crippen LogP contribution in [0.4, 0.5) is 17.6 Å². The van der Waals surface area contributed by atoms with Crippen molar-refractivity contribution in [3.8, 4) is 0 Å². The third-order valence-corrected chi connectivity index (χ3v) is 0.875. The molecule has 0 fully saturated rings. The van der Waals surface area contributed by atoms with Crippen molar-refractivity contribution in [2.24, 2.45) is 5.73 Å². The van der Waals surface area contributed by atoms with Gasteiger partial charge in [0.2, 0.25) is 0 Å². The van der Waals surface area contributed by atoms with E-state index in [0.717, 1.165) is 0 Å². The summed E-state index contributed by atoms with van der Waals surface area (Å²) in [6, 6.07) is 0. The normalized spacial score (nSPS) is 12.1. The van der Waals surface area contributed by atoms with Gasteiger partial charge in [0.15, 0.2) is 0 Å². The first-order valence-electron chi connectivity index (χ1n) is 1.85. The molecule has 0 aromatic heterocycles. The summed E-state index contributed by atoms with van der Waals surface area (Å²) in [7, 11) is 0. The minimum absolute atomic E-state index is 1.47. The van der Waals surface area contributed by atoms with Crippen LogP contribution in [-0.2, 0) is 0 Å². The molecule has 2 N–H and O–H groups in total. The molecule has 9 heavy (non-hydrogen) atoms. The second-order valence-electron chi connectivity index (χ2n) is 1.29. The fourth-order valence-corrected chi connectivity index (χ4v) is 0.197. The van der Waals surface area contributed by atoms with Gasteiger partial charge in [0.25, 0.3) is 0 Å². The molecule has 0 bridgehead atoms. The minimum atomic E-state index is -4.32. The van der Waals surface area contributed by atoms with Gasteiger partial charge in [0, 0.05) is 0 Å². The molecule has 0 aromatic rings. The van der Waals surface area contributed by atoms with Crippen molar-refractivity contribution in [1.29, 1.82) is 0 Å². The van der Waals surface area contributed by atoms with Crippen molar-refractivity contribution in [3.05, 3.63) is 0 Å². The summed E-state index contributed by atoms with van der Waals surface area (Å²) in [5.41, 5.74) is 4.27. The predicted octanol–water partition coefficient (Wildman–Crippen LogP) is 1.17. The van der Waals surface area contributed by atoms with Gasteiger partial charge in [-0.05, 0) is 0 Å². The Morgan fingerprint density at radius 1 is 1.44 bits per heavy atom. The first-order chi connectivity index (χ1) is 3.89. The van der Waals surface area contributed by atoms with E-state index in [9.17, 15) is 17.6 Å². The van der Waals surface area contributed by atoms with E-state index in [-0.39, 0.29) is 0 Å². The van der Waals surface area contributed by atoms with Crippen LogP contribution in [0.3, 0.4) is 0 Å². The van der Waals surface area contributed by atoms with Gasteiger partial charge >= 0.3 is 12.3 Å². The molecule has 6 heteroatoms. The predicted molar refractivity (Wildman–Crippen MR) is 27.7 cm³/mol. The fourth-order valence-electron chi connectivity index (χ4n) is 0.108. The molecular weight excluding hydrogens is 158 g/mol. The van der Waals surface area contributed by atoms with E-state index in [1.54, 1.807) is 0 Å². The molecular formula is C3H3F4NS. The summed E-state index contributed by atoms with van der Waals surface area (Å²) in [5.74, 6) is -4.32. The zero-order valence-corrected chi connectivity index (χ0v) is 4.89. The first kappa shape index (κ1) is 8.61. The number of thiocarbonyl (C=S) groups is 1. The van der Waals surface area contributed by atoms with Gasteiger partial charge in [0.1, 0.15) is 4.99 Å². The third-order valence-electron chi connectivity index (χ3n) is 0.603. The highest BCUT2D eigenvalue weighted by molar-refractivity contribution is 7.80. The molecule has 0 saturated heterocycles. The Labute approximate surface area is 53.8 Å². The Kier molecular flexibility index (Phi) is 2.36. The lowest BCUT2D eigenvalue weighted by molar-refractivity contribution is -0.0739. The second kappa shape index (κ2) is 2.47. The van der Waals surface area contributed by atoms with Crippen LogP contribution in [0.1, 0.15) is 0 Å². The highest BCUT2D eigenvalue weighted by Crippen LogP contribution is 2.22. The molecule has 54 valence electrons. The maximum absolute atomic E-state index is 11.7. The van der Waals surface area contributed by atoms with Gasteiger partial charge in [-0.3, -0.25) is 0 Å². The molecule has 0 amide bonds. The summed E-state index contributed by atoms with van der Waals surface area (Å²) >= 11 is 3.66. The Morgan fingerprint density at radius 3 is 1.78 bits per heavy atom. The molecule has 0 aliphatic rings. The summed E-state index contributed by atoms with van der Waals surface area (Å²) in [6.45, 7) is 0. The molecule has 0 aliphatic carbocycles. The van der Waals surface area contributed by atoms with Crippen LogP contribution >= 0.6 is 12.2 Å². The number of hydrogen-bond acceptors (Lipinski definition) is 1. The summed E-state index contributed by atoms with van der Waals surface area (Å²) in [4.78, 5) is -1.47. The van der Waals surface area contributed by atoms with Crippen LogP contribution < -0.4 is 5.73 Å². The maximum Gasteiger partial charge on any atom is 0.356 e. The van der Waals surface area contributed by atoms with E-state index in [0.29, 0.717) is 0 Å². The quantitative estimate of drug-likeness (QED) is 0.486.